The van der Waals surface area contributed by atoms with Crippen molar-refractivity contribution in [1.29, 1.82) is 0 Å². The minimum absolute atomic E-state index is 0.0251. The van der Waals surface area contributed by atoms with Crippen molar-refractivity contribution in [1.82, 2.24) is 18.7 Å². The quantitative estimate of drug-likeness (QED) is 0.708. The molecule has 8 heteroatoms. The lowest BCUT2D eigenvalue weighted by Gasteiger charge is -2.19. The second kappa shape index (κ2) is 6.86. The van der Waals surface area contributed by atoms with E-state index in [1.54, 1.807) is 31.8 Å². The van der Waals surface area contributed by atoms with Gasteiger partial charge < -0.3 is 9.67 Å². The molecular formula is C19H22N4O4. The van der Waals surface area contributed by atoms with Gasteiger partial charge in [0.25, 0.3) is 5.56 Å². The van der Waals surface area contributed by atoms with Gasteiger partial charge in [-0.3, -0.25) is 18.7 Å². The Morgan fingerprint density at radius 1 is 1.19 bits per heavy atom. The molecule has 3 rings (SSSR count). The summed E-state index contributed by atoms with van der Waals surface area (Å²) in [4.78, 5) is 41.1. The summed E-state index contributed by atoms with van der Waals surface area (Å²) in [6, 6.07) is 9.63. The second-order valence-corrected chi connectivity index (χ2v) is 7.27. The van der Waals surface area contributed by atoms with Crippen molar-refractivity contribution in [2.45, 2.75) is 33.4 Å². The van der Waals surface area contributed by atoms with Crippen molar-refractivity contribution in [3.63, 3.8) is 0 Å². The molecule has 1 N–H and O–H groups in total. The Hall–Kier alpha value is -3.16. The fourth-order valence-corrected chi connectivity index (χ4v) is 2.92. The van der Waals surface area contributed by atoms with Gasteiger partial charge in [0.1, 0.15) is 0 Å². The molecule has 142 valence electrons. The summed E-state index contributed by atoms with van der Waals surface area (Å²) in [5.41, 5.74) is -0.349. The number of aromatic nitrogens is 4. The number of aryl methyl sites for hydroxylation is 1. The smallest absolute Gasteiger partial charge is 0.332 e. The van der Waals surface area contributed by atoms with Crippen LogP contribution in [0, 0.1) is 5.41 Å². The van der Waals surface area contributed by atoms with Crippen LogP contribution in [0.3, 0.4) is 0 Å². The molecule has 0 aliphatic heterocycles. The molecule has 0 unspecified atom stereocenters. The average Bonchev–Trinajstić information content (AvgIpc) is 3.04. The van der Waals surface area contributed by atoms with Crippen LogP contribution < -0.4 is 11.2 Å². The molecule has 0 spiro atoms. The first-order valence-electron chi connectivity index (χ1n) is 8.64. The molecule has 0 amide bonds. The van der Waals surface area contributed by atoms with E-state index in [2.05, 4.69) is 4.98 Å². The Morgan fingerprint density at radius 3 is 2.48 bits per heavy atom. The van der Waals surface area contributed by atoms with E-state index in [4.69, 9.17) is 0 Å². The molecule has 0 aliphatic rings. The second-order valence-electron chi connectivity index (χ2n) is 7.27. The van der Waals surface area contributed by atoms with E-state index in [1.165, 1.54) is 4.57 Å². The number of aliphatic carboxylic acids is 1. The van der Waals surface area contributed by atoms with Gasteiger partial charge in [-0.2, -0.15) is 0 Å². The summed E-state index contributed by atoms with van der Waals surface area (Å²) in [5, 5.41) is 9.27. The topological polar surface area (TPSA) is 99.1 Å². The predicted molar refractivity (Wildman–Crippen MR) is 101 cm³/mol. The van der Waals surface area contributed by atoms with Crippen molar-refractivity contribution >= 4 is 17.1 Å². The third kappa shape index (κ3) is 3.42. The summed E-state index contributed by atoms with van der Waals surface area (Å²) >= 11 is 0. The molecule has 0 bridgehead atoms. The molecule has 1 aromatic carbocycles. The molecule has 0 atom stereocenters. The van der Waals surface area contributed by atoms with Crippen molar-refractivity contribution in [3.05, 3.63) is 63.1 Å². The van der Waals surface area contributed by atoms with Gasteiger partial charge >= 0.3 is 11.7 Å². The van der Waals surface area contributed by atoms with Crippen molar-refractivity contribution in [3.8, 4) is 0 Å². The minimum Gasteiger partial charge on any atom is -0.481 e. The highest BCUT2D eigenvalue weighted by atomic mass is 16.4. The van der Waals surface area contributed by atoms with E-state index in [-0.39, 0.29) is 13.0 Å². The van der Waals surface area contributed by atoms with Gasteiger partial charge in [0, 0.05) is 20.1 Å². The van der Waals surface area contributed by atoms with E-state index in [0.717, 1.165) is 10.1 Å². The van der Waals surface area contributed by atoms with Gasteiger partial charge in [-0.05, 0) is 25.8 Å². The van der Waals surface area contributed by atoms with E-state index >= 15 is 0 Å². The first kappa shape index (κ1) is 18.6. The number of fused-ring (bicyclic) bond motifs is 1. The Kier molecular flexibility index (Phi) is 4.73. The van der Waals surface area contributed by atoms with Crippen LogP contribution >= 0.6 is 0 Å². The summed E-state index contributed by atoms with van der Waals surface area (Å²) < 4.78 is 4.13. The highest BCUT2D eigenvalue weighted by molar-refractivity contribution is 5.73. The van der Waals surface area contributed by atoms with Crippen LogP contribution in [0.5, 0.6) is 0 Å². The van der Waals surface area contributed by atoms with Gasteiger partial charge in [0.15, 0.2) is 11.2 Å². The first-order chi connectivity index (χ1) is 12.7. The number of carboxylic acid groups (broad SMARTS) is 1. The number of carbonyl (C=O) groups is 1. The summed E-state index contributed by atoms with van der Waals surface area (Å²) in [5.74, 6) is -0.970. The normalized spacial score (nSPS) is 11.8. The number of rotatable bonds is 6. The molecule has 3 aromatic rings. The van der Waals surface area contributed by atoms with Crippen LogP contribution in [0.1, 0.15) is 25.8 Å². The van der Waals surface area contributed by atoms with Crippen molar-refractivity contribution in [2.75, 3.05) is 0 Å². The maximum absolute atomic E-state index is 13.0. The van der Waals surface area contributed by atoms with Crippen LogP contribution in [-0.4, -0.2) is 29.8 Å². The molecule has 0 saturated carbocycles. The van der Waals surface area contributed by atoms with Gasteiger partial charge in [-0.25, -0.2) is 9.78 Å². The SMILES string of the molecule is Cn1c(=O)n(CCC(C)(C)C(=O)O)c(=O)c2c1ncn2Cc1ccccc1. The number of nitrogens with zero attached hydrogens (tertiary/aromatic N) is 4. The first-order valence-corrected chi connectivity index (χ1v) is 8.64. The Bertz CT molecular complexity index is 1110. The van der Waals surface area contributed by atoms with Gasteiger partial charge in [-0.1, -0.05) is 30.3 Å². The van der Waals surface area contributed by atoms with Crippen LogP contribution in [-0.2, 0) is 24.9 Å². The highest BCUT2D eigenvalue weighted by Crippen LogP contribution is 2.20. The lowest BCUT2D eigenvalue weighted by atomic mass is 9.90. The predicted octanol–water partition coefficient (Wildman–Crippen LogP) is 1.45. The van der Waals surface area contributed by atoms with E-state index in [0.29, 0.717) is 17.7 Å². The van der Waals surface area contributed by atoms with Gasteiger partial charge in [0.2, 0.25) is 0 Å². The number of hydrogen-bond donors (Lipinski definition) is 1. The number of carboxylic acids is 1. The maximum Gasteiger partial charge on any atom is 0.332 e. The molecule has 0 aliphatic carbocycles. The van der Waals surface area contributed by atoms with Crippen LogP contribution in [0.2, 0.25) is 0 Å². The number of hydrogen-bond acceptors (Lipinski definition) is 4. The Morgan fingerprint density at radius 2 is 1.85 bits per heavy atom. The lowest BCUT2D eigenvalue weighted by molar-refractivity contribution is -0.147. The number of benzene rings is 1. The van der Waals surface area contributed by atoms with Crippen molar-refractivity contribution in [2.24, 2.45) is 12.5 Å². The molecule has 0 radical (unpaired) electrons. The molecule has 27 heavy (non-hydrogen) atoms. The lowest BCUT2D eigenvalue weighted by Crippen LogP contribution is -2.41. The van der Waals surface area contributed by atoms with E-state index in [9.17, 15) is 19.5 Å². The number of imidazole rings is 1. The van der Waals surface area contributed by atoms with Crippen molar-refractivity contribution < 1.29 is 9.90 Å². The van der Waals surface area contributed by atoms with E-state index in [1.807, 2.05) is 30.3 Å². The van der Waals surface area contributed by atoms with Gasteiger partial charge in [-0.15, -0.1) is 0 Å². The molecule has 0 fully saturated rings. The fourth-order valence-electron chi connectivity index (χ4n) is 2.92. The van der Waals surface area contributed by atoms with Gasteiger partial charge in [0.05, 0.1) is 11.7 Å². The molecular weight excluding hydrogens is 348 g/mol. The van der Waals surface area contributed by atoms with Crippen LogP contribution in [0.15, 0.2) is 46.2 Å². The fraction of sp³-hybridized carbons (Fsp3) is 0.368. The highest BCUT2D eigenvalue weighted by Gasteiger charge is 2.27. The zero-order valence-electron chi connectivity index (χ0n) is 15.5. The van der Waals surface area contributed by atoms with Crippen LogP contribution in [0.25, 0.3) is 11.2 Å². The standard InChI is InChI=1S/C19H22N4O4/c1-19(2,17(25)26)9-10-23-16(24)14-15(21(3)18(23)27)20-12-22(14)11-13-7-5-4-6-8-13/h4-8,12H,9-11H2,1-3H3,(H,25,26). The summed E-state index contributed by atoms with van der Waals surface area (Å²) in [6.07, 6.45) is 1.71. The Balaban J connectivity index is 2.08. The monoisotopic (exact) mass is 370 g/mol. The average molecular weight is 370 g/mol. The molecule has 8 nitrogen and oxygen atoms in total. The summed E-state index contributed by atoms with van der Waals surface area (Å²) in [6.45, 7) is 3.62. The molecule has 2 aromatic heterocycles. The van der Waals surface area contributed by atoms with E-state index < -0.39 is 22.6 Å². The Labute approximate surface area is 155 Å². The zero-order valence-corrected chi connectivity index (χ0v) is 15.5. The zero-order chi connectivity index (χ0) is 19.8. The third-order valence-corrected chi connectivity index (χ3v) is 4.84. The minimum atomic E-state index is -1.04. The molecule has 2 heterocycles. The third-order valence-electron chi connectivity index (χ3n) is 4.84. The van der Waals surface area contributed by atoms with Crippen LogP contribution in [0.4, 0.5) is 0 Å². The summed E-state index contributed by atoms with van der Waals surface area (Å²) in [7, 11) is 1.56. The maximum atomic E-state index is 13.0. The largest absolute Gasteiger partial charge is 0.481 e. The molecule has 0 saturated heterocycles.